The van der Waals surface area contributed by atoms with Crippen molar-refractivity contribution in [1.82, 2.24) is 52.7 Å². The molecule has 0 N–H and O–H groups in total. The van der Waals surface area contributed by atoms with E-state index in [4.69, 9.17) is 29.9 Å². The van der Waals surface area contributed by atoms with Crippen LogP contribution in [0.1, 0.15) is 25.0 Å². The van der Waals surface area contributed by atoms with Crippen LogP contribution < -0.4 is 0 Å². The number of fused-ring (bicyclic) bond motifs is 19. The van der Waals surface area contributed by atoms with Crippen LogP contribution in [0.15, 0.2) is 491 Å². The summed E-state index contributed by atoms with van der Waals surface area (Å²) in [5.41, 5.74) is 37.5. The van der Waals surface area contributed by atoms with Crippen LogP contribution in [-0.2, 0) is 5.41 Å². The Kier molecular flexibility index (Phi) is 19.1. The van der Waals surface area contributed by atoms with E-state index in [1.165, 1.54) is 65.9 Å². The zero-order chi connectivity index (χ0) is 96.3. The molecule has 0 bridgehead atoms. The van der Waals surface area contributed by atoms with Crippen molar-refractivity contribution in [3.63, 3.8) is 0 Å². The molecule has 0 fully saturated rings. The monoisotopic (exact) mass is 1860 g/mol. The predicted molar refractivity (Wildman–Crippen MR) is 602 cm³/mol. The average Bonchev–Trinajstić information content (AvgIpc) is 1.54. The molecule has 11 heteroatoms. The standard InChI is InChI=1S/C135H87N11/c1-135(2)116-50-23-15-42-104(116)113-82-114-109-47-20-29-56-123(109)145(125(114)83-117(113)135)133-138-130(91-36-11-5-12-37-91)137-132(141-133)94-39-31-38-93(74-94)112-81-115-110-48-21-28-55-122(110)144(101-40-13-6-14-41-101)127(115)128-126(112)111-49-22-30-57-124(111)146(128)134-139-129(90-34-9-4-10-35-90)136-131(140-134)92-64-62-86(63-65-92)85-58-60-87(61-59-85)96-76-98(89-68-72-103(73-69-89)143-120-53-26-18-45-107(120)108-46-19-27-54-121(108)143)80-100(78-96)99-77-95(84-32-7-3-8-33-84)75-97(79-99)88-66-70-102(71-67-88)142-118-51-24-16-43-105(118)106-44-17-25-52-119(106)142/h3-83H,1-2H3. The molecular formula is C135H87N11. The molecule has 0 radical (unpaired) electrons. The van der Waals surface area contributed by atoms with E-state index in [2.05, 4.69) is 492 Å². The van der Waals surface area contributed by atoms with Gasteiger partial charge in [-0.2, -0.15) is 19.9 Å². The molecule has 28 aromatic rings. The zero-order valence-corrected chi connectivity index (χ0v) is 79.7. The van der Waals surface area contributed by atoms with Gasteiger partial charge in [0.15, 0.2) is 23.3 Å². The lowest BCUT2D eigenvalue weighted by molar-refractivity contribution is 0.661. The summed E-state index contributed by atoms with van der Waals surface area (Å²) in [5, 5.41) is 11.4. The van der Waals surface area contributed by atoms with Gasteiger partial charge in [0.05, 0.1) is 55.2 Å². The highest BCUT2D eigenvalue weighted by Gasteiger charge is 2.37. The quantitative estimate of drug-likeness (QED) is 0.0955. The fourth-order valence-electron chi connectivity index (χ4n) is 23.3. The normalized spacial score (nSPS) is 12.4. The third kappa shape index (κ3) is 13.6. The van der Waals surface area contributed by atoms with E-state index in [0.29, 0.717) is 35.2 Å². The SMILES string of the molecule is CC1(C)c2ccccc2-c2cc3c4ccccc4n(-c4nc(-c5ccccc5)nc(-c5cccc(-c6cc7c8ccccc8n(-c8ccccc8)c7c7c6c6ccccc6n7-c6nc(-c7ccccc7)nc(-c7ccc(-c8ccc(-c9cc(-c%10ccc(-n%11c%12ccccc%12c%12ccccc%12%11)cc%10)cc(-c%10cc(-c%11ccccc%11)cc(-c%11ccc(-n%12c%13ccccc%13c%13ccccc%13%12)cc%11)c%10)c9)cc8)cc7)n6)c5)n4)c3cc21. The smallest absolute Gasteiger partial charge is 0.238 e. The number of hydrogen-bond acceptors (Lipinski definition) is 6. The lowest BCUT2D eigenvalue weighted by Gasteiger charge is -2.21. The molecule has 1 aliphatic rings. The maximum Gasteiger partial charge on any atom is 0.238 e. The van der Waals surface area contributed by atoms with Gasteiger partial charge in [0, 0.05) is 98.6 Å². The number of benzene rings is 21. The van der Waals surface area contributed by atoms with Crippen LogP contribution >= 0.6 is 0 Å². The molecule has 146 heavy (non-hydrogen) atoms. The molecule has 0 saturated heterocycles. The molecule has 0 aliphatic heterocycles. The molecule has 7 heterocycles. The number of aromatic nitrogens is 11. The Morgan fingerprint density at radius 2 is 0.452 bits per heavy atom. The van der Waals surface area contributed by atoms with Crippen molar-refractivity contribution in [2.24, 2.45) is 0 Å². The highest BCUT2D eigenvalue weighted by atomic mass is 15.2. The Balaban J connectivity index is 0.559. The molecule has 21 aromatic carbocycles. The van der Waals surface area contributed by atoms with Gasteiger partial charge in [-0.05, 0) is 240 Å². The Morgan fingerprint density at radius 1 is 0.158 bits per heavy atom. The molecular weight excluding hydrogens is 1780 g/mol. The Labute approximate surface area is 841 Å². The van der Waals surface area contributed by atoms with E-state index in [9.17, 15) is 0 Å². The van der Waals surface area contributed by atoms with Crippen LogP contribution in [0.3, 0.4) is 0 Å². The van der Waals surface area contributed by atoms with Crippen LogP contribution in [0.25, 0.3) is 273 Å². The van der Waals surface area contributed by atoms with E-state index >= 15 is 0 Å². The lowest BCUT2D eigenvalue weighted by Crippen LogP contribution is -2.15. The highest BCUT2D eigenvalue weighted by Crippen LogP contribution is 2.53. The fourth-order valence-corrected chi connectivity index (χ4v) is 23.3. The Morgan fingerprint density at radius 3 is 0.918 bits per heavy atom. The van der Waals surface area contributed by atoms with Crippen LogP contribution in [0.4, 0.5) is 0 Å². The van der Waals surface area contributed by atoms with Crippen molar-refractivity contribution in [1.29, 1.82) is 0 Å². The second kappa shape index (κ2) is 33.4. The molecule has 0 spiro atoms. The number of para-hydroxylation sites is 8. The fraction of sp³-hybridized carbons (Fsp3) is 0.0222. The van der Waals surface area contributed by atoms with E-state index < -0.39 is 0 Å². The lowest BCUT2D eigenvalue weighted by atomic mass is 9.82. The second-order valence-corrected chi connectivity index (χ2v) is 38.9. The molecule has 0 unspecified atom stereocenters. The Hall–Kier alpha value is -19.4. The maximum atomic E-state index is 5.74. The maximum absolute atomic E-state index is 5.74. The van der Waals surface area contributed by atoms with Crippen molar-refractivity contribution >= 4 is 109 Å². The summed E-state index contributed by atoms with van der Waals surface area (Å²) >= 11 is 0. The molecule has 7 aromatic heterocycles. The van der Waals surface area contributed by atoms with Gasteiger partial charge in [0.2, 0.25) is 11.9 Å². The predicted octanol–water partition coefficient (Wildman–Crippen LogP) is 34.2. The Bertz CT molecular complexity index is 10100. The summed E-state index contributed by atoms with van der Waals surface area (Å²) in [7, 11) is 0. The third-order valence-corrected chi connectivity index (χ3v) is 30.2. The molecule has 29 rings (SSSR count). The van der Waals surface area contributed by atoms with Crippen molar-refractivity contribution in [2.45, 2.75) is 19.3 Å². The molecule has 1 aliphatic carbocycles. The first kappa shape index (κ1) is 83.6. The number of nitrogens with zero attached hydrogens (tertiary/aromatic N) is 11. The number of rotatable bonds is 16. The first-order chi connectivity index (χ1) is 72.1. The minimum absolute atomic E-state index is 0.244. The molecule has 0 atom stereocenters. The van der Waals surface area contributed by atoms with Crippen molar-refractivity contribution < 1.29 is 0 Å². The zero-order valence-electron chi connectivity index (χ0n) is 79.7. The van der Waals surface area contributed by atoms with E-state index in [-0.39, 0.29) is 5.41 Å². The van der Waals surface area contributed by atoms with Gasteiger partial charge in [0.1, 0.15) is 0 Å². The molecule has 0 saturated carbocycles. The average molecular weight is 1860 g/mol. The minimum Gasteiger partial charge on any atom is -0.309 e. The topological polar surface area (TPSA) is 102 Å². The van der Waals surface area contributed by atoms with Gasteiger partial charge >= 0.3 is 0 Å². The van der Waals surface area contributed by atoms with Gasteiger partial charge in [-0.15, -0.1) is 0 Å². The van der Waals surface area contributed by atoms with Gasteiger partial charge in [-0.3, -0.25) is 9.13 Å². The molecule has 682 valence electrons. The van der Waals surface area contributed by atoms with Crippen LogP contribution in [0, 0.1) is 0 Å². The van der Waals surface area contributed by atoms with Crippen LogP contribution in [-0.4, -0.2) is 52.7 Å². The first-order valence-corrected chi connectivity index (χ1v) is 49.9. The van der Waals surface area contributed by atoms with Crippen molar-refractivity contribution in [2.75, 3.05) is 0 Å². The van der Waals surface area contributed by atoms with Gasteiger partial charge in [-0.25, -0.2) is 9.97 Å². The van der Waals surface area contributed by atoms with Gasteiger partial charge < -0.3 is 13.7 Å². The number of hydrogen-bond donors (Lipinski definition) is 0. The summed E-state index contributed by atoms with van der Waals surface area (Å²) in [6.07, 6.45) is 0. The summed E-state index contributed by atoms with van der Waals surface area (Å²) in [6, 6.07) is 178. The van der Waals surface area contributed by atoms with E-state index in [1.54, 1.807) is 0 Å². The summed E-state index contributed by atoms with van der Waals surface area (Å²) in [6.45, 7) is 4.68. The first-order valence-electron chi connectivity index (χ1n) is 49.9. The summed E-state index contributed by atoms with van der Waals surface area (Å²) < 4.78 is 11.8. The highest BCUT2D eigenvalue weighted by molar-refractivity contribution is 6.28. The van der Waals surface area contributed by atoms with Gasteiger partial charge in [0.25, 0.3) is 0 Å². The second-order valence-electron chi connectivity index (χ2n) is 38.9. The summed E-state index contributed by atoms with van der Waals surface area (Å²) in [4.78, 5) is 33.5. The molecule has 11 nitrogen and oxygen atoms in total. The van der Waals surface area contributed by atoms with Crippen molar-refractivity contribution in [3.8, 4) is 164 Å². The van der Waals surface area contributed by atoms with E-state index in [1.807, 2.05) is 36.4 Å². The van der Waals surface area contributed by atoms with Gasteiger partial charge in [-0.1, -0.05) is 366 Å². The molecule has 0 amide bonds. The third-order valence-electron chi connectivity index (χ3n) is 30.2. The van der Waals surface area contributed by atoms with E-state index in [0.717, 1.165) is 183 Å². The van der Waals surface area contributed by atoms with Crippen LogP contribution in [0.5, 0.6) is 0 Å². The largest absolute Gasteiger partial charge is 0.309 e. The van der Waals surface area contributed by atoms with Crippen LogP contribution in [0.2, 0.25) is 0 Å². The summed E-state index contributed by atoms with van der Waals surface area (Å²) in [5.74, 6) is 3.19. The minimum atomic E-state index is -0.244. The van der Waals surface area contributed by atoms with Crippen molar-refractivity contribution in [3.05, 3.63) is 503 Å².